The summed E-state index contributed by atoms with van der Waals surface area (Å²) in [6.07, 6.45) is 4.57. The molecule has 0 aromatic carbocycles. The fraction of sp³-hybridized carbons (Fsp3) is 0.727. The smallest absolute Gasteiger partial charge is 0.0638 e. The van der Waals surface area contributed by atoms with E-state index in [1.54, 1.807) is 0 Å². The summed E-state index contributed by atoms with van der Waals surface area (Å²) in [6.45, 7) is 8.10. The second-order valence-corrected chi connectivity index (χ2v) is 4.06. The van der Waals surface area contributed by atoms with Crippen molar-refractivity contribution >= 4 is 0 Å². The van der Waals surface area contributed by atoms with Crippen LogP contribution in [0.1, 0.15) is 37.9 Å². The molecule has 14 heavy (non-hydrogen) atoms. The highest BCUT2D eigenvalue weighted by Gasteiger charge is 2.06. The average Bonchev–Trinajstić information content (AvgIpc) is 2.46. The van der Waals surface area contributed by atoms with Gasteiger partial charge in [0.15, 0.2) is 0 Å². The molecule has 0 aliphatic carbocycles. The molecule has 1 rings (SSSR count). The van der Waals surface area contributed by atoms with E-state index in [0.29, 0.717) is 12.5 Å². The third-order valence-electron chi connectivity index (χ3n) is 2.55. The Hall–Kier alpha value is -0.830. The molecule has 0 aliphatic rings. The van der Waals surface area contributed by atoms with Gasteiger partial charge >= 0.3 is 0 Å². The number of nitrogens with two attached hydrogens (primary N) is 1. The Morgan fingerprint density at radius 3 is 2.79 bits per heavy atom. The molecule has 0 bridgehead atoms. The van der Waals surface area contributed by atoms with Crippen molar-refractivity contribution in [3.8, 4) is 0 Å². The van der Waals surface area contributed by atoms with Gasteiger partial charge in [-0.15, -0.1) is 0 Å². The Kier molecular flexibility index (Phi) is 4.14. The lowest BCUT2D eigenvalue weighted by Crippen LogP contribution is -2.07. The van der Waals surface area contributed by atoms with Crippen LogP contribution in [0, 0.1) is 12.8 Å². The van der Waals surface area contributed by atoms with Gasteiger partial charge in [-0.05, 0) is 19.3 Å². The summed E-state index contributed by atoms with van der Waals surface area (Å²) in [4.78, 5) is 0. The molecule has 0 spiro atoms. The van der Waals surface area contributed by atoms with E-state index < -0.39 is 0 Å². The highest BCUT2D eigenvalue weighted by molar-refractivity contribution is 5.14. The maximum absolute atomic E-state index is 5.60. The van der Waals surface area contributed by atoms with Gasteiger partial charge in [-0.25, -0.2) is 0 Å². The van der Waals surface area contributed by atoms with Gasteiger partial charge in [-0.3, -0.25) is 4.68 Å². The molecule has 1 aromatic heterocycles. The van der Waals surface area contributed by atoms with Crippen LogP contribution >= 0.6 is 0 Å². The molecule has 0 aliphatic heterocycles. The van der Waals surface area contributed by atoms with Gasteiger partial charge in [0.25, 0.3) is 0 Å². The summed E-state index contributed by atoms with van der Waals surface area (Å²) in [6, 6.07) is 0. The average molecular weight is 195 g/mol. The minimum Gasteiger partial charge on any atom is -0.326 e. The predicted molar refractivity (Wildman–Crippen MR) is 58.9 cm³/mol. The molecule has 0 fully saturated rings. The van der Waals surface area contributed by atoms with Crippen LogP contribution < -0.4 is 5.73 Å². The van der Waals surface area contributed by atoms with Gasteiger partial charge in [-0.1, -0.05) is 20.3 Å². The van der Waals surface area contributed by atoms with Crippen LogP contribution in [0.15, 0.2) is 6.20 Å². The van der Waals surface area contributed by atoms with Crippen LogP contribution in [-0.4, -0.2) is 9.78 Å². The molecule has 80 valence electrons. The summed E-state index contributed by atoms with van der Waals surface area (Å²) in [7, 11) is 0. The van der Waals surface area contributed by atoms with E-state index in [1.807, 2.05) is 11.6 Å². The molecule has 1 unspecified atom stereocenters. The molecule has 1 heterocycles. The van der Waals surface area contributed by atoms with Gasteiger partial charge < -0.3 is 5.73 Å². The Bertz CT molecular complexity index is 278. The Morgan fingerprint density at radius 2 is 2.29 bits per heavy atom. The summed E-state index contributed by atoms with van der Waals surface area (Å²) >= 11 is 0. The molecular formula is C11H21N3. The van der Waals surface area contributed by atoms with Crippen molar-refractivity contribution in [2.45, 2.75) is 46.7 Å². The van der Waals surface area contributed by atoms with E-state index in [0.717, 1.165) is 17.8 Å². The first-order chi connectivity index (χ1) is 6.67. The third kappa shape index (κ3) is 2.84. The fourth-order valence-corrected chi connectivity index (χ4v) is 1.76. The van der Waals surface area contributed by atoms with Crippen LogP contribution in [0.3, 0.4) is 0 Å². The molecule has 0 saturated carbocycles. The Labute approximate surface area is 86.3 Å². The number of nitrogens with zero attached hydrogens (tertiary/aromatic N) is 2. The monoisotopic (exact) mass is 195 g/mol. The van der Waals surface area contributed by atoms with E-state index in [4.69, 9.17) is 5.73 Å². The summed E-state index contributed by atoms with van der Waals surface area (Å²) in [5, 5.41) is 4.44. The van der Waals surface area contributed by atoms with Crippen molar-refractivity contribution < 1.29 is 0 Å². The van der Waals surface area contributed by atoms with E-state index in [9.17, 15) is 0 Å². The van der Waals surface area contributed by atoms with E-state index in [2.05, 4.69) is 25.1 Å². The standard InChI is InChI=1S/C11H21N3/c1-4-5-9(2)7-14-8-11(6-12)10(3)13-14/h8-9H,4-7,12H2,1-3H3. The SMILES string of the molecule is CCCC(C)Cn1cc(CN)c(C)n1. The number of hydrogen-bond donors (Lipinski definition) is 1. The van der Waals surface area contributed by atoms with Crippen molar-refractivity contribution in [2.75, 3.05) is 0 Å². The highest BCUT2D eigenvalue weighted by Crippen LogP contribution is 2.10. The minimum absolute atomic E-state index is 0.591. The first-order valence-corrected chi connectivity index (χ1v) is 5.40. The van der Waals surface area contributed by atoms with E-state index >= 15 is 0 Å². The maximum Gasteiger partial charge on any atom is 0.0638 e. The number of aryl methyl sites for hydroxylation is 1. The maximum atomic E-state index is 5.60. The molecule has 3 nitrogen and oxygen atoms in total. The predicted octanol–water partition coefficient (Wildman–Crippen LogP) is 2.09. The second-order valence-electron chi connectivity index (χ2n) is 4.06. The zero-order chi connectivity index (χ0) is 10.6. The number of aromatic nitrogens is 2. The molecular weight excluding hydrogens is 174 g/mol. The van der Waals surface area contributed by atoms with Crippen LogP contribution in [0.4, 0.5) is 0 Å². The van der Waals surface area contributed by atoms with Crippen molar-refractivity contribution in [2.24, 2.45) is 11.7 Å². The first-order valence-electron chi connectivity index (χ1n) is 5.40. The molecule has 0 saturated heterocycles. The van der Waals surface area contributed by atoms with Crippen molar-refractivity contribution in [3.05, 3.63) is 17.5 Å². The van der Waals surface area contributed by atoms with Crippen molar-refractivity contribution in [3.63, 3.8) is 0 Å². The van der Waals surface area contributed by atoms with E-state index in [-0.39, 0.29) is 0 Å². The lowest BCUT2D eigenvalue weighted by Gasteiger charge is -2.09. The van der Waals surface area contributed by atoms with Gasteiger partial charge in [0.2, 0.25) is 0 Å². The van der Waals surface area contributed by atoms with Crippen LogP contribution in [-0.2, 0) is 13.1 Å². The van der Waals surface area contributed by atoms with Gasteiger partial charge in [0.1, 0.15) is 0 Å². The third-order valence-corrected chi connectivity index (χ3v) is 2.55. The summed E-state index contributed by atoms with van der Waals surface area (Å²) < 4.78 is 2.03. The molecule has 2 N–H and O–H groups in total. The molecule has 3 heteroatoms. The Morgan fingerprint density at radius 1 is 1.57 bits per heavy atom. The first kappa shape index (κ1) is 11.2. The lowest BCUT2D eigenvalue weighted by atomic mass is 10.1. The minimum atomic E-state index is 0.591. The zero-order valence-corrected chi connectivity index (χ0v) is 9.45. The molecule has 1 aromatic rings. The van der Waals surface area contributed by atoms with Crippen molar-refractivity contribution in [1.82, 2.24) is 9.78 Å². The van der Waals surface area contributed by atoms with Crippen molar-refractivity contribution in [1.29, 1.82) is 0 Å². The topological polar surface area (TPSA) is 43.8 Å². The van der Waals surface area contributed by atoms with Gasteiger partial charge in [0, 0.05) is 24.8 Å². The number of rotatable bonds is 5. The highest BCUT2D eigenvalue weighted by atomic mass is 15.3. The Balaban J connectivity index is 2.58. The fourth-order valence-electron chi connectivity index (χ4n) is 1.76. The summed E-state index contributed by atoms with van der Waals surface area (Å²) in [5.41, 5.74) is 7.83. The molecule has 0 amide bonds. The normalized spacial score (nSPS) is 13.1. The number of hydrogen-bond acceptors (Lipinski definition) is 2. The molecule has 1 atom stereocenters. The van der Waals surface area contributed by atoms with E-state index in [1.165, 1.54) is 12.8 Å². The zero-order valence-electron chi connectivity index (χ0n) is 9.45. The van der Waals surface area contributed by atoms with Gasteiger partial charge in [-0.2, -0.15) is 5.10 Å². The quantitative estimate of drug-likeness (QED) is 0.781. The summed E-state index contributed by atoms with van der Waals surface area (Å²) in [5.74, 6) is 0.699. The van der Waals surface area contributed by atoms with Crippen LogP contribution in [0.2, 0.25) is 0 Å². The lowest BCUT2D eigenvalue weighted by molar-refractivity contribution is 0.419. The molecule has 0 radical (unpaired) electrons. The van der Waals surface area contributed by atoms with Crippen LogP contribution in [0.5, 0.6) is 0 Å². The van der Waals surface area contributed by atoms with Crippen LogP contribution in [0.25, 0.3) is 0 Å². The largest absolute Gasteiger partial charge is 0.326 e. The second kappa shape index (κ2) is 5.15. The van der Waals surface area contributed by atoms with Gasteiger partial charge in [0.05, 0.1) is 5.69 Å².